The number of carbonyl (C=O) groups is 1. The molecule has 4 aromatic rings. The van der Waals surface area contributed by atoms with Crippen molar-refractivity contribution in [1.29, 1.82) is 0 Å². The fourth-order valence-corrected chi connectivity index (χ4v) is 3.67. The van der Waals surface area contributed by atoms with Gasteiger partial charge in [-0.2, -0.15) is 0 Å². The van der Waals surface area contributed by atoms with Crippen LogP contribution in [-0.2, 0) is 0 Å². The maximum Gasteiger partial charge on any atom is 0.256 e. The molecule has 1 N–H and O–H groups in total. The van der Waals surface area contributed by atoms with Crippen molar-refractivity contribution in [1.82, 2.24) is 4.98 Å². The van der Waals surface area contributed by atoms with E-state index < -0.39 is 0 Å². The monoisotopic (exact) mass is 374 g/mol. The highest BCUT2D eigenvalue weighted by atomic mass is 32.1. The molecule has 0 unspecified atom stereocenters. The number of nitrogens with zero attached hydrogens (tertiary/aromatic N) is 1. The Kier molecular flexibility index (Phi) is 4.77. The van der Waals surface area contributed by atoms with Crippen LogP contribution < -0.4 is 5.32 Å². The average molecular weight is 374 g/mol. The number of amides is 1. The lowest BCUT2D eigenvalue weighted by Crippen LogP contribution is -2.11. The van der Waals surface area contributed by atoms with Crippen LogP contribution in [0.3, 0.4) is 0 Å². The second-order valence-electron chi connectivity index (χ2n) is 5.89. The predicted octanol–water partition coefficient (Wildman–Crippen LogP) is 5.87. The summed E-state index contributed by atoms with van der Waals surface area (Å²) in [5, 5.41) is 4.41. The normalized spacial score (nSPS) is 10.6. The summed E-state index contributed by atoms with van der Waals surface area (Å²) in [6, 6.07) is 25.0. The van der Waals surface area contributed by atoms with E-state index in [1.807, 2.05) is 60.7 Å². The summed E-state index contributed by atoms with van der Waals surface area (Å²) in [6.07, 6.45) is 0. The molecule has 0 atom stereocenters. The van der Waals surface area contributed by atoms with Crippen LogP contribution in [0.25, 0.3) is 21.8 Å². The van der Waals surface area contributed by atoms with E-state index in [4.69, 9.17) is 4.98 Å². The molecule has 4 rings (SSSR count). The topological polar surface area (TPSA) is 42.0 Å². The van der Waals surface area contributed by atoms with E-state index in [0.717, 1.165) is 21.8 Å². The van der Waals surface area contributed by atoms with Crippen molar-refractivity contribution in [3.8, 4) is 21.8 Å². The summed E-state index contributed by atoms with van der Waals surface area (Å²) >= 11 is 1.42. The highest BCUT2D eigenvalue weighted by molar-refractivity contribution is 7.19. The van der Waals surface area contributed by atoms with Crippen LogP contribution in [0, 0.1) is 5.82 Å². The van der Waals surface area contributed by atoms with E-state index in [2.05, 4.69) is 5.32 Å². The van der Waals surface area contributed by atoms with Gasteiger partial charge in [0.15, 0.2) is 0 Å². The Morgan fingerprint density at radius 3 is 2.04 bits per heavy atom. The molecule has 0 radical (unpaired) electrons. The lowest BCUT2D eigenvalue weighted by Gasteiger charge is -2.05. The first-order chi connectivity index (χ1) is 13.2. The van der Waals surface area contributed by atoms with Crippen molar-refractivity contribution in [2.24, 2.45) is 0 Å². The van der Waals surface area contributed by atoms with Crippen LogP contribution in [0.2, 0.25) is 0 Å². The van der Waals surface area contributed by atoms with E-state index in [0.29, 0.717) is 10.6 Å². The van der Waals surface area contributed by atoms with Gasteiger partial charge in [-0.3, -0.25) is 4.79 Å². The third kappa shape index (κ3) is 3.78. The van der Waals surface area contributed by atoms with Gasteiger partial charge in [0.1, 0.15) is 21.5 Å². The first kappa shape index (κ1) is 17.1. The minimum Gasteiger partial charge on any atom is -0.312 e. The number of carbonyl (C=O) groups excluding carboxylic acids is 1. The van der Waals surface area contributed by atoms with Gasteiger partial charge in [0, 0.05) is 16.7 Å². The van der Waals surface area contributed by atoms with Crippen molar-refractivity contribution < 1.29 is 9.18 Å². The Morgan fingerprint density at radius 1 is 0.815 bits per heavy atom. The zero-order valence-corrected chi connectivity index (χ0v) is 15.0. The smallest absolute Gasteiger partial charge is 0.256 e. The summed E-state index contributed by atoms with van der Waals surface area (Å²) < 4.78 is 13.1. The first-order valence-corrected chi connectivity index (χ1v) is 9.21. The number of benzene rings is 3. The van der Waals surface area contributed by atoms with Gasteiger partial charge in [0.25, 0.3) is 5.91 Å². The molecule has 3 aromatic carbocycles. The minimum atomic E-state index is -0.374. The Bertz CT molecular complexity index is 1060. The van der Waals surface area contributed by atoms with Gasteiger partial charge in [0.2, 0.25) is 0 Å². The number of nitrogens with one attached hydrogen (secondary N) is 1. The molecule has 1 aromatic heterocycles. The van der Waals surface area contributed by atoms with Crippen molar-refractivity contribution in [3.05, 3.63) is 96.3 Å². The summed E-state index contributed by atoms with van der Waals surface area (Å²) in [4.78, 5) is 17.4. The zero-order chi connectivity index (χ0) is 18.6. The largest absolute Gasteiger partial charge is 0.312 e. The first-order valence-electron chi connectivity index (χ1n) is 8.39. The molecule has 0 aliphatic heterocycles. The Hall–Kier alpha value is -3.31. The van der Waals surface area contributed by atoms with Gasteiger partial charge in [-0.15, -0.1) is 0 Å². The van der Waals surface area contributed by atoms with E-state index >= 15 is 0 Å². The molecule has 132 valence electrons. The molecule has 0 aliphatic rings. The maximum absolute atomic E-state index is 13.1. The molecule has 0 aliphatic carbocycles. The number of anilines is 1. The maximum atomic E-state index is 13.1. The van der Waals surface area contributed by atoms with Gasteiger partial charge in [0.05, 0.1) is 0 Å². The molecule has 27 heavy (non-hydrogen) atoms. The summed E-state index contributed by atoms with van der Waals surface area (Å²) in [5.74, 6) is -0.670. The molecule has 0 saturated heterocycles. The molecule has 1 amide bonds. The second-order valence-corrected chi connectivity index (χ2v) is 6.89. The third-order valence-electron chi connectivity index (χ3n) is 4.03. The summed E-state index contributed by atoms with van der Waals surface area (Å²) in [6.45, 7) is 0. The number of hydrogen-bond acceptors (Lipinski definition) is 3. The third-order valence-corrected chi connectivity index (χ3v) is 5.05. The lowest BCUT2D eigenvalue weighted by atomic mass is 10.1. The fraction of sp³-hybridized carbons (Fsp3) is 0. The fourth-order valence-electron chi connectivity index (χ4n) is 2.68. The van der Waals surface area contributed by atoms with Crippen LogP contribution in [0.4, 0.5) is 9.39 Å². The standard InChI is InChI=1S/C22H15FN2OS/c23-18-13-11-16(12-14-18)20(26)25-22-19(15-7-3-1-4-8-15)24-21(27-22)17-9-5-2-6-10-17/h1-14H,(H,25,26). The predicted molar refractivity (Wildman–Crippen MR) is 107 cm³/mol. The molecule has 3 nitrogen and oxygen atoms in total. The van der Waals surface area contributed by atoms with Crippen LogP contribution in [0.5, 0.6) is 0 Å². The second kappa shape index (κ2) is 7.51. The van der Waals surface area contributed by atoms with E-state index in [9.17, 15) is 9.18 Å². The minimum absolute atomic E-state index is 0.296. The molecule has 0 fully saturated rings. The zero-order valence-electron chi connectivity index (χ0n) is 14.2. The van der Waals surface area contributed by atoms with E-state index in [1.165, 1.54) is 35.6 Å². The summed E-state index contributed by atoms with van der Waals surface area (Å²) in [5.41, 5.74) is 3.02. The van der Waals surface area contributed by atoms with E-state index in [-0.39, 0.29) is 11.7 Å². The Labute approximate surface area is 160 Å². The SMILES string of the molecule is O=C(Nc1sc(-c2ccccc2)nc1-c1ccccc1)c1ccc(F)cc1. The molecule has 1 heterocycles. The van der Waals surface area contributed by atoms with Crippen LogP contribution >= 0.6 is 11.3 Å². The summed E-state index contributed by atoms with van der Waals surface area (Å²) in [7, 11) is 0. The highest BCUT2D eigenvalue weighted by Crippen LogP contribution is 2.38. The Morgan fingerprint density at radius 2 is 1.41 bits per heavy atom. The van der Waals surface area contributed by atoms with Gasteiger partial charge in [-0.25, -0.2) is 9.37 Å². The van der Waals surface area contributed by atoms with Crippen LogP contribution in [-0.4, -0.2) is 10.9 Å². The Balaban J connectivity index is 1.73. The van der Waals surface area contributed by atoms with Crippen molar-refractivity contribution in [2.75, 3.05) is 5.32 Å². The van der Waals surface area contributed by atoms with Crippen molar-refractivity contribution in [3.63, 3.8) is 0 Å². The van der Waals surface area contributed by atoms with Crippen molar-refractivity contribution in [2.45, 2.75) is 0 Å². The molecular weight excluding hydrogens is 359 g/mol. The van der Waals surface area contributed by atoms with Gasteiger partial charge >= 0.3 is 0 Å². The molecule has 5 heteroatoms. The molecule has 0 bridgehead atoms. The lowest BCUT2D eigenvalue weighted by molar-refractivity contribution is 0.102. The van der Waals surface area contributed by atoms with Gasteiger partial charge in [-0.05, 0) is 24.3 Å². The number of hydrogen-bond donors (Lipinski definition) is 1. The number of halogens is 1. The number of aromatic nitrogens is 1. The highest BCUT2D eigenvalue weighted by Gasteiger charge is 2.17. The van der Waals surface area contributed by atoms with Gasteiger partial charge < -0.3 is 5.32 Å². The van der Waals surface area contributed by atoms with Crippen LogP contribution in [0.15, 0.2) is 84.9 Å². The van der Waals surface area contributed by atoms with E-state index in [1.54, 1.807) is 0 Å². The quantitative estimate of drug-likeness (QED) is 0.485. The molecule has 0 spiro atoms. The number of rotatable bonds is 4. The number of thiazole rings is 1. The molecule has 0 saturated carbocycles. The molecular formula is C22H15FN2OS. The van der Waals surface area contributed by atoms with Crippen molar-refractivity contribution >= 4 is 22.2 Å². The van der Waals surface area contributed by atoms with Crippen LogP contribution in [0.1, 0.15) is 10.4 Å². The average Bonchev–Trinajstić information content (AvgIpc) is 3.13. The van der Waals surface area contributed by atoms with Gasteiger partial charge in [-0.1, -0.05) is 72.0 Å².